The van der Waals surface area contributed by atoms with Gasteiger partial charge < -0.3 is 20.6 Å². The van der Waals surface area contributed by atoms with Crippen molar-refractivity contribution in [2.45, 2.75) is 39.0 Å². The largest absolute Gasteiger partial charge is 0.508 e. The Morgan fingerprint density at radius 3 is 2.92 bits per heavy atom. The van der Waals surface area contributed by atoms with Gasteiger partial charge in [0.05, 0.1) is 23.0 Å². The van der Waals surface area contributed by atoms with Crippen LogP contribution in [0.25, 0.3) is 0 Å². The molecule has 2 aliphatic rings. The number of benzene rings is 1. The molecule has 1 aromatic carbocycles. The van der Waals surface area contributed by atoms with Crippen molar-refractivity contribution in [2.24, 2.45) is 0 Å². The number of phenolic OH excluding ortho intramolecular Hbond substituents is 1. The lowest BCUT2D eigenvalue weighted by molar-refractivity contribution is -0.936. The first kappa shape index (κ1) is 15.5. The minimum Gasteiger partial charge on any atom is -0.508 e. The Morgan fingerprint density at radius 2 is 2.17 bits per heavy atom. The van der Waals surface area contributed by atoms with Crippen molar-refractivity contribution < 1.29 is 14.8 Å². The fourth-order valence-corrected chi connectivity index (χ4v) is 4.90. The van der Waals surface area contributed by atoms with Crippen LogP contribution in [0.5, 0.6) is 5.75 Å². The van der Waals surface area contributed by atoms with Gasteiger partial charge in [-0.1, -0.05) is 12.1 Å². The highest BCUT2D eigenvalue weighted by atomic mass is 32.1. The molecule has 24 heavy (non-hydrogen) atoms. The first-order valence-corrected chi connectivity index (χ1v) is 9.20. The number of carbonyl (C=O) groups excluding carboxylic acids is 1. The maximum absolute atomic E-state index is 12.7. The van der Waals surface area contributed by atoms with Crippen LogP contribution >= 0.6 is 11.3 Å². The fourth-order valence-electron chi connectivity index (χ4n) is 3.58. The third kappa shape index (κ3) is 2.56. The zero-order chi connectivity index (χ0) is 16.8. The first-order chi connectivity index (χ1) is 11.5. The van der Waals surface area contributed by atoms with Crippen LogP contribution in [0.3, 0.4) is 0 Å². The molecule has 1 aromatic heterocycles. The predicted octanol–water partition coefficient (Wildman–Crippen LogP) is 1.66. The topological polar surface area (TPSA) is 65.8 Å². The number of hydrogen-bond donors (Lipinski definition) is 4. The smallest absolute Gasteiger partial charge is 0.256 e. The lowest BCUT2D eigenvalue weighted by Crippen LogP contribution is -3.14. The Kier molecular flexibility index (Phi) is 3.73. The van der Waals surface area contributed by atoms with Crippen molar-refractivity contribution in [3.05, 3.63) is 45.8 Å². The van der Waals surface area contributed by atoms with Crippen LogP contribution in [0.15, 0.2) is 24.3 Å². The number of phenols is 1. The summed E-state index contributed by atoms with van der Waals surface area (Å²) in [5.74, 6) is 0.193. The van der Waals surface area contributed by atoms with Gasteiger partial charge in [0.2, 0.25) is 0 Å². The minimum atomic E-state index is -0.300. The summed E-state index contributed by atoms with van der Waals surface area (Å²) >= 11 is 1.71. The number of carbonyl (C=O) groups is 1. The Labute approximate surface area is 145 Å². The van der Waals surface area contributed by atoms with Gasteiger partial charge in [-0.2, -0.15) is 0 Å². The van der Waals surface area contributed by atoms with Crippen LogP contribution in [0, 0.1) is 0 Å². The predicted molar refractivity (Wildman–Crippen MR) is 94.6 cm³/mol. The van der Waals surface area contributed by atoms with Gasteiger partial charge in [-0.15, -0.1) is 11.3 Å². The standard InChI is InChI=1S/C18H21N3O2S/c1-10(2)21-7-6-13-14(9-21)24-18-15(13)17(23)19-16(20-18)11-4-3-5-12(22)8-11/h3-5,8,10,16,20,22H,6-7,9H2,1-2H3,(H,19,23)/p+1/t16-/m0/s1. The Hall–Kier alpha value is -2.05. The maximum Gasteiger partial charge on any atom is 0.256 e. The number of aromatic hydroxyl groups is 1. The molecule has 5 nitrogen and oxygen atoms in total. The molecule has 0 bridgehead atoms. The quantitative estimate of drug-likeness (QED) is 0.670. The average molecular weight is 344 g/mol. The molecule has 2 atom stereocenters. The number of nitrogens with one attached hydrogen (secondary N) is 3. The molecule has 2 aromatic rings. The molecule has 4 rings (SSSR count). The van der Waals surface area contributed by atoms with Crippen molar-refractivity contribution in [3.63, 3.8) is 0 Å². The van der Waals surface area contributed by atoms with E-state index >= 15 is 0 Å². The van der Waals surface area contributed by atoms with E-state index in [1.165, 1.54) is 10.4 Å². The minimum absolute atomic E-state index is 0.0115. The lowest BCUT2D eigenvalue weighted by atomic mass is 9.99. The highest BCUT2D eigenvalue weighted by molar-refractivity contribution is 7.16. The summed E-state index contributed by atoms with van der Waals surface area (Å²) in [5, 5.41) is 17.1. The van der Waals surface area contributed by atoms with Crippen molar-refractivity contribution in [3.8, 4) is 5.75 Å². The molecule has 0 spiro atoms. The summed E-state index contributed by atoms with van der Waals surface area (Å²) in [7, 11) is 0. The van der Waals surface area contributed by atoms with Gasteiger partial charge in [-0.05, 0) is 37.1 Å². The normalized spacial score (nSPS) is 22.5. The number of anilines is 1. The molecule has 0 saturated heterocycles. The van der Waals surface area contributed by atoms with Gasteiger partial charge in [-0.3, -0.25) is 4.79 Å². The highest BCUT2D eigenvalue weighted by Crippen LogP contribution is 2.39. The molecule has 2 aliphatic heterocycles. The Bertz CT molecular complexity index is 800. The molecule has 0 aliphatic carbocycles. The summed E-state index contributed by atoms with van der Waals surface area (Å²) in [5.41, 5.74) is 2.91. The van der Waals surface area contributed by atoms with Gasteiger partial charge in [0.1, 0.15) is 23.5 Å². The second kappa shape index (κ2) is 5.79. The SMILES string of the molecule is CC(C)[NH+]1CCc2c(sc3c2C(=O)N[C@H](c2cccc(O)c2)N3)C1. The molecular weight excluding hydrogens is 322 g/mol. The molecule has 0 fully saturated rings. The Balaban J connectivity index is 1.66. The van der Waals surface area contributed by atoms with Gasteiger partial charge in [-0.25, -0.2) is 0 Å². The molecule has 4 N–H and O–H groups in total. The molecule has 0 radical (unpaired) electrons. The van der Waals surface area contributed by atoms with Crippen LogP contribution in [0.4, 0.5) is 5.00 Å². The molecule has 3 heterocycles. The fraction of sp³-hybridized carbons (Fsp3) is 0.389. The zero-order valence-electron chi connectivity index (χ0n) is 13.8. The first-order valence-electron chi connectivity index (χ1n) is 8.38. The molecule has 1 amide bonds. The molecular formula is C18H22N3O2S+. The van der Waals surface area contributed by atoms with Crippen LogP contribution in [-0.2, 0) is 13.0 Å². The monoisotopic (exact) mass is 344 g/mol. The van der Waals surface area contributed by atoms with Crippen LogP contribution < -0.4 is 15.5 Å². The van der Waals surface area contributed by atoms with E-state index in [1.807, 2.05) is 6.07 Å². The van der Waals surface area contributed by atoms with E-state index in [0.29, 0.717) is 6.04 Å². The van der Waals surface area contributed by atoms with E-state index in [9.17, 15) is 9.90 Å². The lowest BCUT2D eigenvalue weighted by Gasteiger charge is -2.28. The van der Waals surface area contributed by atoms with E-state index < -0.39 is 0 Å². The zero-order valence-corrected chi connectivity index (χ0v) is 14.7. The number of quaternary nitrogens is 1. The number of thiophene rings is 1. The summed E-state index contributed by atoms with van der Waals surface area (Å²) in [6, 6.07) is 7.60. The third-order valence-electron chi connectivity index (χ3n) is 4.97. The van der Waals surface area contributed by atoms with E-state index in [2.05, 4.69) is 24.5 Å². The third-order valence-corrected chi connectivity index (χ3v) is 6.14. The number of amides is 1. The maximum atomic E-state index is 12.7. The van der Waals surface area contributed by atoms with Gasteiger partial charge in [0.25, 0.3) is 5.91 Å². The summed E-state index contributed by atoms with van der Waals surface area (Å²) < 4.78 is 0. The number of rotatable bonds is 2. The molecule has 126 valence electrons. The van der Waals surface area contributed by atoms with E-state index in [-0.39, 0.29) is 17.8 Å². The van der Waals surface area contributed by atoms with Gasteiger partial charge in [0.15, 0.2) is 0 Å². The van der Waals surface area contributed by atoms with Gasteiger partial charge >= 0.3 is 0 Å². The molecule has 0 saturated carbocycles. The van der Waals surface area contributed by atoms with Crippen LogP contribution in [0.1, 0.15) is 46.4 Å². The van der Waals surface area contributed by atoms with Crippen molar-refractivity contribution in [1.82, 2.24) is 5.32 Å². The average Bonchev–Trinajstić information content (AvgIpc) is 2.92. The number of fused-ring (bicyclic) bond motifs is 3. The second-order valence-electron chi connectivity index (χ2n) is 6.84. The van der Waals surface area contributed by atoms with Crippen LogP contribution in [-0.4, -0.2) is 23.6 Å². The van der Waals surface area contributed by atoms with Crippen molar-refractivity contribution in [1.29, 1.82) is 0 Å². The summed E-state index contributed by atoms with van der Waals surface area (Å²) in [4.78, 5) is 15.6. The van der Waals surface area contributed by atoms with Crippen molar-refractivity contribution >= 4 is 22.2 Å². The van der Waals surface area contributed by atoms with E-state index in [1.54, 1.807) is 34.4 Å². The van der Waals surface area contributed by atoms with Crippen molar-refractivity contribution in [2.75, 3.05) is 11.9 Å². The summed E-state index contributed by atoms with van der Waals surface area (Å²) in [6.07, 6.45) is 0.659. The molecule has 6 heteroatoms. The van der Waals surface area contributed by atoms with Gasteiger partial charge in [0, 0.05) is 6.42 Å². The van der Waals surface area contributed by atoms with E-state index in [0.717, 1.165) is 35.6 Å². The summed E-state index contributed by atoms with van der Waals surface area (Å²) in [6.45, 7) is 6.57. The second-order valence-corrected chi connectivity index (χ2v) is 7.95. The van der Waals surface area contributed by atoms with Crippen LogP contribution in [0.2, 0.25) is 0 Å². The molecule has 1 unspecified atom stereocenters. The Morgan fingerprint density at radius 1 is 1.33 bits per heavy atom. The van der Waals surface area contributed by atoms with E-state index in [4.69, 9.17) is 0 Å². The number of hydrogen-bond acceptors (Lipinski definition) is 4. The highest BCUT2D eigenvalue weighted by Gasteiger charge is 2.35.